The SMILES string of the molecule is O=C(c1ccc(Cl)cc1)N1CCN(c2oc(-c3ccco3)nc2S(=O)(=O)c2ccc(F)cc2)CC1. The van der Waals surface area contributed by atoms with Crippen molar-refractivity contribution >= 4 is 33.2 Å². The Bertz CT molecular complexity index is 1440. The molecule has 3 heterocycles. The van der Waals surface area contributed by atoms with Gasteiger partial charge in [0.25, 0.3) is 11.8 Å². The van der Waals surface area contributed by atoms with Gasteiger partial charge in [-0.25, -0.2) is 12.8 Å². The zero-order valence-electron chi connectivity index (χ0n) is 18.2. The number of rotatable bonds is 5. The Kier molecular flexibility index (Phi) is 6.08. The van der Waals surface area contributed by atoms with Crippen LogP contribution in [0.3, 0.4) is 0 Å². The minimum absolute atomic E-state index is 0.00496. The molecule has 0 saturated carbocycles. The summed E-state index contributed by atoms with van der Waals surface area (Å²) in [7, 11) is -4.13. The first-order valence-electron chi connectivity index (χ1n) is 10.7. The minimum Gasteiger partial charge on any atom is -0.459 e. The number of piperazine rings is 1. The van der Waals surface area contributed by atoms with Crippen LogP contribution >= 0.6 is 11.6 Å². The number of amides is 1. The Morgan fingerprint density at radius 1 is 0.971 bits per heavy atom. The summed E-state index contributed by atoms with van der Waals surface area (Å²) in [5, 5.41) is 0.243. The maximum absolute atomic E-state index is 13.4. The zero-order valence-corrected chi connectivity index (χ0v) is 19.8. The minimum atomic E-state index is -4.13. The molecule has 0 bridgehead atoms. The summed E-state index contributed by atoms with van der Waals surface area (Å²) in [5.74, 6) is -0.385. The molecule has 1 fully saturated rings. The smallest absolute Gasteiger partial charge is 0.266 e. The fourth-order valence-electron chi connectivity index (χ4n) is 3.79. The van der Waals surface area contributed by atoms with Gasteiger partial charge in [-0.2, -0.15) is 4.98 Å². The van der Waals surface area contributed by atoms with E-state index in [1.165, 1.54) is 18.4 Å². The van der Waals surface area contributed by atoms with E-state index in [1.54, 1.807) is 46.2 Å². The second-order valence-corrected chi connectivity index (χ2v) is 10.2. The van der Waals surface area contributed by atoms with E-state index in [4.69, 9.17) is 20.4 Å². The van der Waals surface area contributed by atoms with Crippen LogP contribution in [0.15, 0.2) is 85.7 Å². The number of sulfone groups is 1. The predicted octanol–water partition coefficient (Wildman–Crippen LogP) is 4.52. The third kappa shape index (κ3) is 4.54. The maximum atomic E-state index is 13.4. The molecular formula is C24H19ClFN3O5S. The number of aromatic nitrogens is 1. The molecule has 0 spiro atoms. The van der Waals surface area contributed by atoms with Gasteiger partial charge in [0, 0.05) is 36.8 Å². The molecule has 35 heavy (non-hydrogen) atoms. The van der Waals surface area contributed by atoms with Crippen LogP contribution in [0.5, 0.6) is 0 Å². The number of hydrogen-bond acceptors (Lipinski definition) is 7. The summed E-state index contributed by atoms with van der Waals surface area (Å²) in [6.07, 6.45) is 1.43. The number of benzene rings is 2. The fraction of sp³-hybridized carbons (Fsp3) is 0.167. The summed E-state index contributed by atoms with van der Waals surface area (Å²) < 4.78 is 51.4. The Morgan fingerprint density at radius 2 is 1.66 bits per heavy atom. The quantitative estimate of drug-likeness (QED) is 0.360. The predicted molar refractivity (Wildman–Crippen MR) is 126 cm³/mol. The second-order valence-electron chi connectivity index (χ2n) is 7.85. The number of halogens is 2. The van der Waals surface area contributed by atoms with E-state index in [0.717, 1.165) is 12.1 Å². The van der Waals surface area contributed by atoms with Gasteiger partial charge in [-0.1, -0.05) is 11.6 Å². The molecule has 5 rings (SSSR count). The number of oxazole rings is 1. The van der Waals surface area contributed by atoms with Gasteiger partial charge in [0.15, 0.2) is 5.76 Å². The van der Waals surface area contributed by atoms with Crippen molar-refractivity contribution in [1.82, 2.24) is 9.88 Å². The Hall–Kier alpha value is -3.63. The standard InChI is InChI=1S/C24H19ClFN3O5S/c25-17-5-3-16(4-6-17)23(30)28-11-13-29(14-12-28)24-22(27-21(34-24)20-2-1-15-33-20)35(31,32)19-9-7-18(26)8-10-19/h1-10,15H,11-14H2. The first-order chi connectivity index (χ1) is 16.8. The molecule has 0 unspecified atom stereocenters. The molecule has 2 aromatic heterocycles. The van der Waals surface area contributed by atoms with Crippen LogP contribution in [0, 0.1) is 5.82 Å². The van der Waals surface area contributed by atoms with Crippen LogP contribution in [0.4, 0.5) is 10.3 Å². The van der Waals surface area contributed by atoms with Gasteiger partial charge in [-0.15, -0.1) is 0 Å². The fourth-order valence-corrected chi connectivity index (χ4v) is 5.24. The average Bonchev–Trinajstić information content (AvgIpc) is 3.55. The third-order valence-corrected chi connectivity index (χ3v) is 7.55. The number of anilines is 1. The lowest BCUT2D eigenvalue weighted by atomic mass is 10.2. The highest BCUT2D eigenvalue weighted by Gasteiger charge is 2.34. The van der Waals surface area contributed by atoms with Crippen LogP contribution in [0.1, 0.15) is 10.4 Å². The summed E-state index contributed by atoms with van der Waals surface area (Å²) >= 11 is 5.91. The van der Waals surface area contributed by atoms with Crippen LogP contribution in [-0.4, -0.2) is 50.4 Å². The molecule has 1 aliphatic heterocycles. The monoisotopic (exact) mass is 515 g/mol. The molecule has 1 aliphatic rings. The number of carbonyl (C=O) groups is 1. The van der Waals surface area contributed by atoms with Crippen molar-refractivity contribution in [2.24, 2.45) is 0 Å². The highest BCUT2D eigenvalue weighted by molar-refractivity contribution is 7.91. The lowest BCUT2D eigenvalue weighted by Crippen LogP contribution is -2.49. The Balaban J connectivity index is 1.44. The lowest BCUT2D eigenvalue weighted by molar-refractivity contribution is 0.0745. The maximum Gasteiger partial charge on any atom is 0.266 e. The zero-order chi connectivity index (χ0) is 24.6. The van der Waals surface area contributed by atoms with Crippen molar-refractivity contribution in [2.45, 2.75) is 9.92 Å². The molecule has 180 valence electrons. The van der Waals surface area contributed by atoms with Gasteiger partial charge in [0.05, 0.1) is 11.2 Å². The van der Waals surface area contributed by atoms with E-state index in [0.29, 0.717) is 36.8 Å². The van der Waals surface area contributed by atoms with Crippen molar-refractivity contribution in [3.63, 3.8) is 0 Å². The van der Waals surface area contributed by atoms with Gasteiger partial charge < -0.3 is 18.6 Å². The molecule has 2 aromatic carbocycles. The molecule has 0 N–H and O–H groups in total. The topological polar surface area (TPSA) is 96.9 Å². The normalized spacial score (nSPS) is 14.3. The van der Waals surface area contributed by atoms with E-state index in [9.17, 15) is 17.6 Å². The molecule has 0 aliphatic carbocycles. The molecule has 1 amide bonds. The highest BCUT2D eigenvalue weighted by Crippen LogP contribution is 2.35. The largest absolute Gasteiger partial charge is 0.459 e. The number of furan rings is 1. The van der Waals surface area contributed by atoms with Crippen LogP contribution < -0.4 is 4.90 Å². The lowest BCUT2D eigenvalue weighted by Gasteiger charge is -2.34. The highest BCUT2D eigenvalue weighted by atomic mass is 35.5. The van der Waals surface area contributed by atoms with E-state index in [-0.39, 0.29) is 33.4 Å². The van der Waals surface area contributed by atoms with Gasteiger partial charge in [0.1, 0.15) is 5.82 Å². The van der Waals surface area contributed by atoms with E-state index < -0.39 is 15.7 Å². The average molecular weight is 516 g/mol. The summed E-state index contributed by atoms with van der Waals surface area (Å²) in [6.45, 7) is 1.32. The van der Waals surface area contributed by atoms with Crippen LogP contribution in [0.25, 0.3) is 11.7 Å². The van der Waals surface area contributed by atoms with Gasteiger partial charge in [-0.05, 0) is 60.7 Å². The molecule has 8 nitrogen and oxygen atoms in total. The molecular weight excluding hydrogens is 497 g/mol. The second kappa shape index (κ2) is 9.20. The van der Waals surface area contributed by atoms with Crippen molar-refractivity contribution < 1.29 is 26.4 Å². The molecule has 0 radical (unpaired) electrons. The van der Waals surface area contributed by atoms with Crippen molar-refractivity contribution in [3.05, 3.63) is 83.3 Å². The molecule has 11 heteroatoms. The van der Waals surface area contributed by atoms with E-state index in [2.05, 4.69) is 4.98 Å². The first-order valence-corrected chi connectivity index (χ1v) is 12.5. The Labute approximate surface area is 205 Å². The number of nitrogens with zero attached hydrogens (tertiary/aromatic N) is 3. The molecule has 1 saturated heterocycles. The van der Waals surface area contributed by atoms with Crippen molar-refractivity contribution in [1.29, 1.82) is 0 Å². The molecule has 4 aromatic rings. The number of carbonyl (C=O) groups excluding carboxylic acids is 1. The van der Waals surface area contributed by atoms with Crippen molar-refractivity contribution in [3.8, 4) is 11.7 Å². The van der Waals surface area contributed by atoms with Gasteiger partial charge in [-0.3, -0.25) is 4.79 Å². The number of hydrogen-bond donors (Lipinski definition) is 0. The van der Waals surface area contributed by atoms with Crippen LogP contribution in [-0.2, 0) is 9.84 Å². The van der Waals surface area contributed by atoms with E-state index >= 15 is 0 Å². The summed E-state index contributed by atoms with van der Waals surface area (Å²) in [6, 6.07) is 14.4. The van der Waals surface area contributed by atoms with Crippen LogP contribution in [0.2, 0.25) is 5.02 Å². The molecule has 0 atom stereocenters. The Morgan fingerprint density at radius 3 is 2.29 bits per heavy atom. The summed E-state index contributed by atoms with van der Waals surface area (Å²) in [4.78, 5) is 20.4. The first kappa shape index (κ1) is 23.1. The summed E-state index contributed by atoms with van der Waals surface area (Å²) in [5.41, 5.74) is 0.516. The van der Waals surface area contributed by atoms with Crippen molar-refractivity contribution in [2.75, 3.05) is 31.1 Å². The van der Waals surface area contributed by atoms with Gasteiger partial charge in [0.2, 0.25) is 20.7 Å². The van der Waals surface area contributed by atoms with E-state index in [1.807, 2.05) is 0 Å². The third-order valence-electron chi connectivity index (χ3n) is 5.64. The van der Waals surface area contributed by atoms with Gasteiger partial charge >= 0.3 is 0 Å².